The van der Waals surface area contributed by atoms with Gasteiger partial charge in [-0.2, -0.15) is 0 Å². The number of rotatable bonds is 8. The minimum absolute atomic E-state index is 0.262. The number of carboxylic acid groups (broad SMARTS) is 1. The van der Waals surface area contributed by atoms with Crippen LogP contribution in [0.15, 0.2) is 66.9 Å². The van der Waals surface area contributed by atoms with Crippen LogP contribution in [0.4, 0.5) is 10.1 Å². The maximum Gasteiger partial charge on any atom is 0.313 e. The molecule has 0 unspecified atom stereocenters. The lowest BCUT2D eigenvalue weighted by Crippen LogP contribution is -2.43. The fourth-order valence-electron chi connectivity index (χ4n) is 3.98. The van der Waals surface area contributed by atoms with Gasteiger partial charge in [0, 0.05) is 6.20 Å². The molecule has 1 aliphatic heterocycles. The van der Waals surface area contributed by atoms with Crippen molar-refractivity contribution in [2.75, 3.05) is 18.4 Å². The second kappa shape index (κ2) is 9.58. The third-order valence-electron chi connectivity index (χ3n) is 6.07. The molecule has 0 saturated heterocycles. The molecule has 33 heavy (non-hydrogen) atoms. The predicted octanol–water partition coefficient (Wildman–Crippen LogP) is 4.33. The quantitative estimate of drug-likeness (QED) is 0.475. The molecule has 0 radical (unpaired) electrons. The number of hydrogen-bond acceptors (Lipinski definition) is 5. The lowest BCUT2D eigenvalue weighted by atomic mass is 9.84. The number of ether oxygens (including phenoxy) is 1. The Morgan fingerprint density at radius 2 is 2.06 bits per heavy atom. The molecule has 6 nitrogen and oxygen atoms in total. The Bertz CT molecular complexity index is 1140. The number of aromatic nitrogens is 1. The summed E-state index contributed by atoms with van der Waals surface area (Å²) in [7, 11) is 0. The molecule has 0 spiro atoms. The Kier molecular flexibility index (Phi) is 6.60. The van der Waals surface area contributed by atoms with Crippen molar-refractivity contribution >= 4 is 11.7 Å². The molecule has 4 rings (SSSR count). The zero-order chi connectivity index (χ0) is 23.4. The van der Waals surface area contributed by atoms with E-state index in [4.69, 9.17) is 4.74 Å². The lowest BCUT2D eigenvalue weighted by Gasteiger charge is -2.33. The third kappa shape index (κ3) is 5.14. The second-order valence-electron chi connectivity index (χ2n) is 8.76. The van der Waals surface area contributed by atoms with Gasteiger partial charge >= 0.3 is 5.97 Å². The Morgan fingerprint density at radius 1 is 1.24 bits per heavy atom. The Labute approximate surface area is 192 Å². The first-order valence-corrected chi connectivity index (χ1v) is 11.0. The SMILES string of the molecule is CC(C)(C(=O)O)c1cccc(CCN[C@H](c2cccc(F)c2)[C@H]2CNc3cccnc3O2)c1. The topological polar surface area (TPSA) is 83.5 Å². The molecule has 2 heterocycles. The van der Waals surface area contributed by atoms with Crippen molar-refractivity contribution in [2.45, 2.75) is 37.8 Å². The van der Waals surface area contributed by atoms with E-state index in [-0.39, 0.29) is 18.0 Å². The molecule has 0 amide bonds. The zero-order valence-electron chi connectivity index (χ0n) is 18.7. The summed E-state index contributed by atoms with van der Waals surface area (Å²) in [5.74, 6) is -0.634. The van der Waals surface area contributed by atoms with E-state index < -0.39 is 11.4 Å². The fraction of sp³-hybridized carbons (Fsp3) is 0.308. The Morgan fingerprint density at radius 3 is 2.85 bits per heavy atom. The highest BCUT2D eigenvalue weighted by Crippen LogP contribution is 2.31. The molecule has 2 atom stereocenters. The van der Waals surface area contributed by atoms with Crippen molar-refractivity contribution in [3.05, 3.63) is 89.4 Å². The Balaban J connectivity index is 1.50. The predicted molar refractivity (Wildman–Crippen MR) is 125 cm³/mol. The summed E-state index contributed by atoms with van der Waals surface area (Å²) >= 11 is 0. The van der Waals surface area contributed by atoms with Crippen LogP contribution >= 0.6 is 0 Å². The van der Waals surface area contributed by atoms with Crippen LogP contribution < -0.4 is 15.4 Å². The van der Waals surface area contributed by atoms with Crippen molar-refractivity contribution in [3.63, 3.8) is 0 Å². The highest BCUT2D eigenvalue weighted by Gasteiger charge is 2.31. The molecule has 3 aromatic rings. The molecule has 3 N–H and O–H groups in total. The van der Waals surface area contributed by atoms with Crippen LogP contribution in [-0.2, 0) is 16.6 Å². The number of aliphatic carboxylic acids is 1. The molecule has 0 fully saturated rings. The largest absolute Gasteiger partial charge is 0.481 e. The van der Waals surface area contributed by atoms with Gasteiger partial charge in [0.1, 0.15) is 11.9 Å². The molecular weight excluding hydrogens is 421 g/mol. The molecule has 1 aliphatic rings. The fourth-order valence-corrected chi connectivity index (χ4v) is 3.98. The van der Waals surface area contributed by atoms with Gasteiger partial charge in [0.05, 0.1) is 23.7 Å². The first-order valence-electron chi connectivity index (χ1n) is 11.0. The minimum atomic E-state index is -0.963. The number of nitrogens with zero attached hydrogens (tertiary/aromatic N) is 1. The van der Waals surface area contributed by atoms with Crippen LogP contribution in [0.3, 0.4) is 0 Å². The monoisotopic (exact) mass is 449 g/mol. The number of halogens is 1. The zero-order valence-corrected chi connectivity index (χ0v) is 18.7. The number of benzene rings is 2. The summed E-state index contributed by atoms with van der Waals surface area (Å²) in [5.41, 5.74) is 2.46. The normalized spacial score (nSPS) is 16.3. The first-order chi connectivity index (χ1) is 15.8. The average molecular weight is 450 g/mol. The van der Waals surface area contributed by atoms with Crippen LogP contribution in [0.5, 0.6) is 5.88 Å². The molecule has 7 heteroatoms. The number of fused-ring (bicyclic) bond motifs is 1. The second-order valence-corrected chi connectivity index (χ2v) is 8.76. The highest BCUT2D eigenvalue weighted by atomic mass is 19.1. The van der Waals surface area contributed by atoms with Crippen LogP contribution in [-0.4, -0.2) is 35.3 Å². The van der Waals surface area contributed by atoms with Crippen molar-refractivity contribution in [3.8, 4) is 5.88 Å². The van der Waals surface area contributed by atoms with Gasteiger partial charge in [-0.3, -0.25) is 4.79 Å². The summed E-state index contributed by atoms with van der Waals surface area (Å²) < 4.78 is 20.2. The van der Waals surface area contributed by atoms with E-state index in [9.17, 15) is 14.3 Å². The van der Waals surface area contributed by atoms with Crippen LogP contribution in [0.2, 0.25) is 0 Å². The summed E-state index contributed by atoms with van der Waals surface area (Å²) in [4.78, 5) is 15.9. The maximum absolute atomic E-state index is 14.0. The van der Waals surface area contributed by atoms with Gasteiger partial charge in [0.15, 0.2) is 0 Å². The van der Waals surface area contributed by atoms with Gasteiger partial charge < -0.3 is 20.5 Å². The summed E-state index contributed by atoms with van der Waals surface area (Å²) in [5, 5.41) is 16.4. The molecule has 0 aliphatic carbocycles. The number of carboxylic acids is 1. The van der Waals surface area contributed by atoms with Crippen LogP contribution in [0.1, 0.15) is 36.6 Å². The molecule has 2 aromatic carbocycles. The van der Waals surface area contributed by atoms with E-state index in [0.717, 1.165) is 22.4 Å². The van der Waals surface area contributed by atoms with Crippen molar-refractivity contribution < 1.29 is 19.0 Å². The van der Waals surface area contributed by atoms with Crippen molar-refractivity contribution in [1.29, 1.82) is 0 Å². The third-order valence-corrected chi connectivity index (χ3v) is 6.07. The van der Waals surface area contributed by atoms with E-state index in [2.05, 4.69) is 15.6 Å². The molecule has 0 saturated carbocycles. The van der Waals surface area contributed by atoms with Crippen LogP contribution in [0, 0.1) is 5.82 Å². The smallest absolute Gasteiger partial charge is 0.313 e. The summed E-state index contributed by atoms with van der Waals surface area (Å²) in [6.45, 7) is 4.56. The van der Waals surface area contributed by atoms with E-state index in [1.54, 1.807) is 26.1 Å². The first kappa shape index (κ1) is 22.7. The van der Waals surface area contributed by atoms with Gasteiger partial charge in [0.2, 0.25) is 5.88 Å². The van der Waals surface area contributed by atoms with Gasteiger partial charge in [-0.25, -0.2) is 9.37 Å². The van der Waals surface area contributed by atoms with Crippen molar-refractivity contribution in [1.82, 2.24) is 10.3 Å². The number of carbonyl (C=O) groups is 1. The van der Waals surface area contributed by atoms with E-state index in [1.807, 2.05) is 42.5 Å². The molecule has 0 bridgehead atoms. The van der Waals surface area contributed by atoms with Gasteiger partial charge in [-0.15, -0.1) is 0 Å². The van der Waals surface area contributed by atoms with Crippen LogP contribution in [0.25, 0.3) is 0 Å². The Hall–Kier alpha value is -3.45. The van der Waals surface area contributed by atoms with Crippen molar-refractivity contribution in [2.24, 2.45) is 0 Å². The minimum Gasteiger partial charge on any atom is -0.481 e. The highest BCUT2D eigenvalue weighted by molar-refractivity contribution is 5.80. The standard InChI is InChI=1S/C26H28FN3O3/c1-26(2,25(31)32)19-8-3-6-17(14-19)11-13-28-23(18-7-4-9-20(27)15-18)22-16-30-21-10-5-12-29-24(21)33-22/h3-10,12,14-15,22-23,28,30H,11,13,16H2,1-2H3,(H,31,32)/t22-,23-/m1/s1. The maximum atomic E-state index is 14.0. The lowest BCUT2D eigenvalue weighted by molar-refractivity contribution is -0.142. The summed E-state index contributed by atoms with van der Waals surface area (Å²) in [6.07, 6.45) is 2.08. The van der Waals surface area contributed by atoms with E-state index in [1.165, 1.54) is 12.1 Å². The number of hydrogen-bond donors (Lipinski definition) is 3. The molecule has 172 valence electrons. The number of nitrogens with one attached hydrogen (secondary N) is 2. The molecule has 1 aromatic heterocycles. The van der Waals surface area contributed by atoms with Gasteiger partial charge in [-0.05, 0) is 67.8 Å². The summed E-state index contributed by atoms with van der Waals surface area (Å²) in [6, 6.07) is 17.7. The van der Waals surface area contributed by atoms with E-state index in [0.29, 0.717) is 25.4 Å². The van der Waals surface area contributed by atoms with E-state index >= 15 is 0 Å². The van der Waals surface area contributed by atoms with Gasteiger partial charge in [-0.1, -0.05) is 36.4 Å². The van der Waals surface area contributed by atoms with Gasteiger partial charge in [0.25, 0.3) is 0 Å². The molecular formula is C26H28FN3O3. The number of pyridine rings is 1. The number of anilines is 1. The average Bonchev–Trinajstić information content (AvgIpc) is 2.81.